The molecule has 1 aromatic rings. The largest absolute Gasteiger partial charge is 0.492 e. The molecule has 2 heterocycles. The number of hydrogen-bond donors (Lipinski definition) is 1. The normalized spacial score (nSPS) is 20.2. The lowest BCUT2D eigenvalue weighted by molar-refractivity contribution is -0.132. The van der Waals surface area contributed by atoms with Crippen LogP contribution in [0.3, 0.4) is 0 Å². The van der Waals surface area contributed by atoms with Crippen LogP contribution in [0.15, 0.2) is 24.3 Å². The number of cyclic esters (lactones) is 1. The van der Waals surface area contributed by atoms with Crippen LogP contribution in [0.25, 0.3) is 0 Å². The van der Waals surface area contributed by atoms with Gasteiger partial charge in [0.05, 0.1) is 12.5 Å². The Morgan fingerprint density at radius 3 is 2.83 bits per heavy atom. The van der Waals surface area contributed by atoms with E-state index in [4.69, 9.17) is 15.2 Å². The van der Waals surface area contributed by atoms with Crippen LogP contribution in [0.2, 0.25) is 0 Å². The zero-order chi connectivity index (χ0) is 16.2. The molecular formula is C16H21N3O4. The molecule has 2 aliphatic heterocycles. The fourth-order valence-electron chi connectivity index (χ4n) is 2.88. The standard InChI is InChI=1S/C16H21N3O4/c17-5-8-22-14-3-1-12(2-4-14)9-15(20)18-6-7-19-13(10-18)11-23-16(19)21/h1-4,13H,5-11,17H2/t13-/m0/s1. The summed E-state index contributed by atoms with van der Waals surface area (Å²) in [6.07, 6.45) is 0.0776. The predicted octanol–water partition coefficient (Wildman–Crippen LogP) is 0.230. The first kappa shape index (κ1) is 15.6. The molecule has 2 fully saturated rings. The molecule has 0 unspecified atom stereocenters. The Kier molecular flexibility index (Phi) is 4.66. The van der Waals surface area contributed by atoms with Crippen molar-refractivity contribution in [1.29, 1.82) is 0 Å². The van der Waals surface area contributed by atoms with Gasteiger partial charge in [-0.05, 0) is 17.7 Å². The summed E-state index contributed by atoms with van der Waals surface area (Å²) < 4.78 is 10.4. The molecule has 2 saturated heterocycles. The van der Waals surface area contributed by atoms with Gasteiger partial charge in [-0.3, -0.25) is 9.69 Å². The number of ether oxygens (including phenoxy) is 2. The summed E-state index contributed by atoms with van der Waals surface area (Å²) in [5.41, 5.74) is 6.33. The number of piperazine rings is 1. The van der Waals surface area contributed by atoms with Crippen LogP contribution in [0, 0.1) is 0 Å². The first-order chi connectivity index (χ1) is 11.2. The molecule has 7 heteroatoms. The van der Waals surface area contributed by atoms with Gasteiger partial charge in [-0.25, -0.2) is 4.79 Å². The van der Waals surface area contributed by atoms with Crippen molar-refractivity contribution in [2.45, 2.75) is 12.5 Å². The Morgan fingerprint density at radius 1 is 1.30 bits per heavy atom. The molecule has 7 nitrogen and oxygen atoms in total. The number of carbonyl (C=O) groups excluding carboxylic acids is 2. The van der Waals surface area contributed by atoms with Gasteiger partial charge in [0.1, 0.15) is 19.0 Å². The second kappa shape index (κ2) is 6.87. The first-order valence-corrected chi connectivity index (χ1v) is 7.80. The quantitative estimate of drug-likeness (QED) is 0.840. The summed E-state index contributed by atoms with van der Waals surface area (Å²) >= 11 is 0. The smallest absolute Gasteiger partial charge is 0.410 e. The van der Waals surface area contributed by atoms with E-state index in [0.717, 1.165) is 11.3 Å². The van der Waals surface area contributed by atoms with Crippen LogP contribution in [0.1, 0.15) is 5.56 Å². The van der Waals surface area contributed by atoms with Gasteiger partial charge in [-0.1, -0.05) is 12.1 Å². The van der Waals surface area contributed by atoms with Crippen molar-refractivity contribution >= 4 is 12.0 Å². The highest BCUT2D eigenvalue weighted by Crippen LogP contribution is 2.19. The number of nitrogens with two attached hydrogens (primary N) is 1. The summed E-state index contributed by atoms with van der Waals surface area (Å²) in [7, 11) is 0. The van der Waals surface area contributed by atoms with E-state index in [-0.39, 0.29) is 18.0 Å². The van der Waals surface area contributed by atoms with E-state index in [2.05, 4.69) is 0 Å². The molecule has 23 heavy (non-hydrogen) atoms. The summed E-state index contributed by atoms with van der Waals surface area (Å²) in [5.74, 6) is 0.821. The number of hydrogen-bond acceptors (Lipinski definition) is 5. The Hall–Kier alpha value is -2.28. The molecule has 3 rings (SSSR count). The minimum absolute atomic E-state index is 0.00719. The number of fused-ring (bicyclic) bond motifs is 1. The summed E-state index contributed by atoms with van der Waals surface area (Å²) in [6.45, 7) is 2.96. The lowest BCUT2D eigenvalue weighted by atomic mass is 10.1. The van der Waals surface area contributed by atoms with Crippen LogP contribution >= 0.6 is 0 Å². The van der Waals surface area contributed by atoms with E-state index >= 15 is 0 Å². The van der Waals surface area contributed by atoms with Gasteiger partial charge in [-0.15, -0.1) is 0 Å². The van der Waals surface area contributed by atoms with Gasteiger partial charge in [0.25, 0.3) is 0 Å². The molecule has 124 valence electrons. The number of carbonyl (C=O) groups is 2. The van der Waals surface area contributed by atoms with Crippen LogP contribution in [-0.2, 0) is 16.0 Å². The van der Waals surface area contributed by atoms with E-state index in [1.165, 1.54) is 0 Å². The van der Waals surface area contributed by atoms with Gasteiger partial charge < -0.3 is 20.1 Å². The van der Waals surface area contributed by atoms with Crippen molar-refractivity contribution in [2.75, 3.05) is 39.4 Å². The second-order valence-electron chi connectivity index (χ2n) is 5.72. The van der Waals surface area contributed by atoms with Crippen molar-refractivity contribution in [1.82, 2.24) is 9.80 Å². The monoisotopic (exact) mass is 319 g/mol. The highest BCUT2D eigenvalue weighted by atomic mass is 16.6. The number of amides is 2. The van der Waals surface area contributed by atoms with E-state index in [0.29, 0.717) is 45.8 Å². The molecule has 2 amide bonds. The number of rotatable bonds is 5. The third-order valence-corrected chi connectivity index (χ3v) is 4.13. The number of benzene rings is 1. The third-order valence-electron chi connectivity index (χ3n) is 4.13. The Bertz CT molecular complexity index is 575. The minimum Gasteiger partial charge on any atom is -0.492 e. The molecule has 0 aliphatic carbocycles. The van der Waals surface area contributed by atoms with Crippen molar-refractivity contribution < 1.29 is 19.1 Å². The van der Waals surface area contributed by atoms with E-state index in [1.54, 1.807) is 4.90 Å². The van der Waals surface area contributed by atoms with Crippen molar-refractivity contribution in [3.8, 4) is 5.75 Å². The Balaban J connectivity index is 1.54. The van der Waals surface area contributed by atoms with Crippen molar-refractivity contribution in [3.63, 3.8) is 0 Å². The fraction of sp³-hybridized carbons (Fsp3) is 0.500. The zero-order valence-electron chi connectivity index (χ0n) is 12.9. The molecule has 1 atom stereocenters. The van der Waals surface area contributed by atoms with Gasteiger partial charge in [0, 0.05) is 26.2 Å². The lowest BCUT2D eigenvalue weighted by Gasteiger charge is -2.35. The first-order valence-electron chi connectivity index (χ1n) is 7.80. The van der Waals surface area contributed by atoms with E-state index < -0.39 is 0 Å². The Labute approximate surface area is 134 Å². The highest BCUT2D eigenvalue weighted by molar-refractivity contribution is 5.79. The fourth-order valence-corrected chi connectivity index (χ4v) is 2.88. The molecule has 0 radical (unpaired) electrons. The average molecular weight is 319 g/mol. The number of nitrogens with zero attached hydrogens (tertiary/aromatic N) is 2. The van der Waals surface area contributed by atoms with Crippen LogP contribution in [0.5, 0.6) is 5.75 Å². The van der Waals surface area contributed by atoms with E-state index in [9.17, 15) is 9.59 Å². The maximum absolute atomic E-state index is 12.4. The van der Waals surface area contributed by atoms with E-state index in [1.807, 2.05) is 29.2 Å². The molecule has 2 N–H and O–H groups in total. The summed E-state index contributed by atoms with van der Waals surface area (Å²) in [4.78, 5) is 27.4. The molecule has 0 spiro atoms. The topological polar surface area (TPSA) is 85.1 Å². The highest BCUT2D eigenvalue weighted by Gasteiger charge is 2.38. The third kappa shape index (κ3) is 3.56. The van der Waals surface area contributed by atoms with Crippen molar-refractivity contribution in [2.24, 2.45) is 5.73 Å². The summed E-state index contributed by atoms with van der Waals surface area (Å²) in [5, 5.41) is 0. The second-order valence-corrected chi connectivity index (χ2v) is 5.72. The van der Waals surface area contributed by atoms with Crippen LogP contribution in [0.4, 0.5) is 4.79 Å². The molecule has 0 bridgehead atoms. The SMILES string of the molecule is NCCOc1ccc(CC(=O)N2CCN3C(=O)OC[C@@H]3C2)cc1. The van der Waals surface area contributed by atoms with Crippen LogP contribution in [-0.4, -0.2) is 67.2 Å². The molecular weight excluding hydrogens is 298 g/mol. The molecule has 2 aliphatic rings. The molecule has 1 aromatic carbocycles. The zero-order valence-corrected chi connectivity index (χ0v) is 12.9. The van der Waals surface area contributed by atoms with Gasteiger partial charge in [0.2, 0.25) is 5.91 Å². The lowest BCUT2D eigenvalue weighted by Crippen LogP contribution is -2.54. The Morgan fingerprint density at radius 2 is 2.09 bits per heavy atom. The molecule has 0 saturated carbocycles. The minimum atomic E-state index is -0.268. The van der Waals surface area contributed by atoms with Crippen molar-refractivity contribution in [3.05, 3.63) is 29.8 Å². The predicted molar refractivity (Wildman–Crippen MR) is 83.1 cm³/mol. The van der Waals surface area contributed by atoms with Crippen LogP contribution < -0.4 is 10.5 Å². The average Bonchev–Trinajstić information content (AvgIpc) is 2.95. The van der Waals surface area contributed by atoms with Gasteiger partial charge >= 0.3 is 6.09 Å². The maximum Gasteiger partial charge on any atom is 0.410 e. The van der Waals surface area contributed by atoms with Gasteiger partial charge in [-0.2, -0.15) is 0 Å². The summed E-state index contributed by atoms with van der Waals surface area (Å²) in [6, 6.07) is 7.47. The molecule has 0 aromatic heterocycles. The maximum atomic E-state index is 12.4. The van der Waals surface area contributed by atoms with Gasteiger partial charge in [0.15, 0.2) is 0 Å².